The van der Waals surface area contributed by atoms with Crippen molar-refractivity contribution in [1.29, 1.82) is 0 Å². The monoisotopic (exact) mass is 351 g/mol. The van der Waals surface area contributed by atoms with E-state index in [1.807, 2.05) is 42.5 Å². The van der Waals surface area contributed by atoms with Crippen molar-refractivity contribution in [2.45, 2.75) is 25.1 Å². The average molecular weight is 351 g/mol. The van der Waals surface area contributed by atoms with Gasteiger partial charge in [0.25, 0.3) is 11.8 Å². The summed E-state index contributed by atoms with van der Waals surface area (Å²) in [7, 11) is 0. The molecule has 0 bridgehead atoms. The van der Waals surface area contributed by atoms with Gasteiger partial charge in [-0.15, -0.1) is 0 Å². The standard InChI is InChI=1S/C20H21N3O3/c24-19(14-7-2-1-3-8-14)22-21-18-16-10-4-5-11-17(16)20(25)23(18)13-15-9-6-12-26-15/h1-5,7-8,10-11,15,18,21H,6,9,12-13H2,(H,22,24). The van der Waals surface area contributed by atoms with Crippen molar-refractivity contribution < 1.29 is 14.3 Å². The summed E-state index contributed by atoms with van der Waals surface area (Å²) in [6, 6.07) is 16.5. The van der Waals surface area contributed by atoms with Crippen LogP contribution in [0.3, 0.4) is 0 Å². The smallest absolute Gasteiger partial charge is 0.265 e. The van der Waals surface area contributed by atoms with Crippen molar-refractivity contribution in [3.63, 3.8) is 0 Å². The van der Waals surface area contributed by atoms with E-state index in [9.17, 15) is 9.59 Å². The lowest BCUT2D eigenvalue weighted by Crippen LogP contribution is -2.47. The van der Waals surface area contributed by atoms with Crippen LogP contribution in [0.25, 0.3) is 0 Å². The van der Waals surface area contributed by atoms with E-state index in [4.69, 9.17) is 4.74 Å². The number of hydrazine groups is 1. The summed E-state index contributed by atoms with van der Waals surface area (Å²) in [5, 5.41) is 0. The lowest BCUT2D eigenvalue weighted by atomic mass is 10.1. The van der Waals surface area contributed by atoms with E-state index < -0.39 is 6.17 Å². The third kappa shape index (κ3) is 3.21. The van der Waals surface area contributed by atoms with Crippen molar-refractivity contribution in [3.05, 3.63) is 71.3 Å². The van der Waals surface area contributed by atoms with Gasteiger partial charge in [0.05, 0.1) is 6.10 Å². The van der Waals surface area contributed by atoms with Gasteiger partial charge in [-0.1, -0.05) is 36.4 Å². The van der Waals surface area contributed by atoms with Gasteiger partial charge in [0.15, 0.2) is 0 Å². The largest absolute Gasteiger partial charge is 0.376 e. The predicted octanol–water partition coefficient (Wildman–Crippen LogP) is 2.25. The molecule has 1 saturated heterocycles. The van der Waals surface area contributed by atoms with E-state index in [0.717, 1.165) is 25.0 Å². The number of benzene rings is 2. The van der Waals surface area contributed by atoms with Crippen LogP contribution in [0, 0.1) is 0 Å². The Bertz CT molecular complexity index is 803. The summed E-state index contributed by atoms with van der Waals surface area (Å²) in [6.45, 7) is 1.24. The Morgan fingerprint density at radius 1 is 1.12 bits per heavy atom. The van der Waals surface area contributed by atoms with Crippen LogP contribution in [0.4, 0.5) is 0 Å². The highest BCUT2D eigenvalue weighted by Gasteiger charge is 2.38. The zero-order chi connectivity index (χ0) is 17.9. The molecule has 6 heteroatoms. The number of ether oxygens (including phenoxy) is 1. The molecule has 0 radical (unpaired) electrons. The minimum atomic E-state index is -0.407. The maximum absolute atomic E-state index is 12.8. The van der Waals surface area contributed by atoms with Gasteiger partial charge < -0.3 is 9.64 Å². The number of nitrogens with zero attached hydrogens (tertiary/aromatic N) is 1. The lowest BCUT2D eigenvalue weighted by molar-refractivity contribution is 0.0392. The first kappa shape index (κ1) is 16.8. The molecule has 2 atom stereocenters. The van der Waals surface area contributed by atoms with Crippen molar-refractivity contribution in [2.75, 3.05) is 13.2 Å². The first-order chi connectivity index (χ1) is 12.7. The fourth-order valence-corrected chi connectivity index (χ4v) is 3.52. The van der Waals surface area contributed by atoms with E-state index in [1.165, 1.54) is 0 Å². The van der Waals surface area contributed by atoms with Gasteiger partial charge in [0.2, 0.25) is 0 Å². The lowest BCUT2D eigenvalue weighted by Gasteiger charge is -2.28. The summed E-state index contributed by atoms with van der Waals surface area (Å²) in [5.41, 5.74) is 7.86. The molecule has 0 aliphatic carbocycles. The van der Waals surface area contributed by atoms with Crippen molar-refractivity contribution >= 4 is 11.8 Å². The molecular formula is C20H21N3O3. The molecule has 2 N–H and O–H groups in total. The zero-order valence-corrected chi connectivity index (χ0v) is 14.4. The fraction of sp³-hybridized carbons (Fsp3) is 0.300. The third-order valence-electron chi connectivity index (χ3n) is 4.84. The van der Waals surface area contributed by atoms with Crippen molar-refractivity contribution in [1.82, 2.24) is 15.8 Å². The molecule has 26 heavy (non-hydrogen) atoms. The maximum Gasteiger partial charge on any atom is 0.265 e. The normalized spacial score (nSPS) is 21.7. The van der Waals surface area contributed by atoms with Crippen molar-refractivity contribution in [3.8, 4) is 0 Å². The fourth-order valence-electron chi connectivity index (χ4n) is 3.52. The maximum atomic E-state index is 12.8. The zero-order valence-electron chi connectivity index (χ0n) is 14.4. The van der Waals surface area contributed by atoms with E-state index in [0.29, 0.717) is 17.7 Å². The van der Waals surface area contributed by atoms with E-state index in [1.54, 1.807) is 17.0 Å². The molecule has 6 nitrogen and oxygen atoms in total. The van der Waals surface area contributed by atoms with Crippen LogP contribution >= 0.6 is 0 Å². The second kappa shape index (κ2) is 7.27. The molecule has 2 aromatic rings. The molecular weight excluding hydrogens is 330 g/mol. The Morgan fingerprint density at radius 2 is 1.88 bits per heavy atom. The van der Waals surface area contributed by atoms with E-state index in [2.05, 4.69) is 10.9 Å². The summed E-state index contributed by atoms with van der Waals surface area (Å²) < 4.78 is 5.70. The van der Waals surface area contributed by atoms with Gasteiger partial charge in [-0.2, -0.15) is 0 Å². The number of nitrogens with one attached hydrogen (secondary N) is 2. The number of hydrogen-bond donors (Lipinski definition) is 2. The van der Waals surface area contributed by atoms with E-state index >= 15 is 0 Å². The SMILES string of the molecule is O=C(NNC1c2ccccc2C(=O)N1CC1CCCO1)c1ccccc1. The van der Waals surface area contributed by atoms with E-state index in [-0.39, 0.29) is 17.9 Å². The molecule has 2 unspecified atom stereocenters. The van der Waals surface area contributed by atoms with Gasteiger partial charge in [-0.25, -0.2) is 5.43 Å². The highest BCUT2D eigenvalue weighted by atomic mass is 16.5. The Hall–Kier alpha value is -2.70. The highest BCUT2D eigenvalue weighted by molar-refractivity contribution is 5.99. The van der Waals surface area contributed by atoms with Crippen LogP contribution in [0.15, 0.2) is 54.6 Å². The molecule has 0 aromatic heterocycles. The number of carbonyl (C=O) groups excluding carboxylic acids is 2. The Labute approximate surface area is 152 Å². The quantitative estimate of drug-likeness (QED) is 0.811. The average Bonchev–Trinajstić information content (AvgIpc) is 3.29. The molecule has 2 aliphatic rings. The minimum Gasteiger partial charge on any atom is -0.376 e. The van der Waals surface area contributed by atoms with Crippen LogP contribution < -0.4 is 10.9 Å². The summed E-state index contributed by atoms with van der Waals surface area (Å²) in [5.74, 6) is -0.276. The number of hydrogen-bond acceptors (Lipinski definition) is 4. The summed E-state index contributed by atoms with van der Waals surface area (Å²) in [4.78, 5) is 26.9. The Balaban J connectivity index is 1.52. The summed E-state index contributed by atoms with van der Waals surface area (Å²) >= 11 is 0. The predicted molar refractivity (Wildman–Crippen MR) is 96.2 cm³/mol. The first-order valence-electron chi connectivity index (χ1n) is 8.86. The molecule has 2 aromatic carbocycles. The van der Waals surface area contributed by atoms with Crippen LogP contribution in [0.5, 0.6) is 0 Å². The van der Waals surface area contributed by atoms with Gasteiger partial charge in [-0.3, -0.25) is 15.0 Å². The molecule has 134 valence electrons. The Morgan fingerprint density at radius 3 is 2.65 bits per heavy atom. The summed E-state index contributed by atoms with van der Waals surface area (Å²) in [6.07, 6.45) is 1.60. The number of amides is 2. The second-order valence-corrected chi connectivity index (χ2v) is 6.55. The van der Waals surface area contributed by atoms with Gasteiger partial charge in [0, 0.05) is 29.8 Å². The van der Waals surface area contributed by atoms with Crippen molar-refractivity contribution in [2.24, 2.45) is 0 Å². The molecule has 1 fully saturated rings. The van der Waals surface area contributed by atoms with Crippen LogP contribution in [0.2, 0.25) is 0 Å². The topological polar surface area (TPSA) is 70.7 Å². The number of rotatable bonds is 5. The molecule has 0 spiro atoms. The number of carbonyl (C=O) groups is 2. The van der Waals surface area contributed by atoms with Gasteiger partial charge in [0.1, 0.15) is 6.17 Å². The van der Waals surface area contributed by atoms with Crippen LogP contribution in [-0.2, 0) is 4.74 Å². The third-order valence-corrected chi connectivity index (χ3v) is 4.84. The van der Waals surface area contributed by atoms with Gasteiger partial charge >= 0.3 is 0 Å². The molecule has 2 amide bonds. The van der Waals surface area contributed by atoms with Crippen LogP contribution in [-0.4, -0.2) is 36.0 Å². The minimum absolute atomic E-state index is 0.0393. The van der Waals surface area contributed by atoms with Crippen LogP contribution in [0.1, 0.15) is 45.3 Å². The highest BCUT2D eigenvalue weighted by Crippen LogP contribution is 2.32. The molecule has 0 saturated carbocycles. The van der Waals surface area contributed by atoms with Gasteiger partial charge in [-0.05, 0) is 31.0 Å². The molecule has 2 heterocycles. The number of fused-ring (bicyclic) bond motifs is 1. The second-order valence-electron chi connectivity index (χ2n) is 6.55. The first-order valence-corrected chi connectivity index (χ1v) is 8.86. The Kier molecular flexibility index (Phi) is 4.69. The molecule has 2 aliphatic heterocycles. The molecule has 4 rings (SSSR count).